The minimum absolute atomic E-state index is 0.115. The largest absolute Gasteiger partial charge is 0.454 e. The highest BCUT2D eigenvalue weighted by Crippen LogP contribution is 2.33. The second-order valence-corrected chi connectivity index (χ2v) is 7.94. The molecule has 0 fully saturated rings. The predicted octanol–water partition coefficient (Wildman–Crippen LogP) is 2.23. The number of nitrogens with zero attached hydrogens (tertiary/aromatic N) is 1. The quantitative estimate of drug-likeness (QED) is 0.901. The lowest BCUT2D eigenvalue weighted by Crippen LogP contribution is -2.22. The van der Waals surface area contributed by atoms with Crippen LogP contribution < -0.4 is 14.8 Å². The van der Waals surface area contributed by atoms with Crippen molar-refractivity contribution in [2.24, 2.45) is 0 Å². The monoisotopic (exact) mass is 362 g/mol. The molecule has 1 heterocycles. The van der Waals surface area contributed by atoms with Crippen LogP contribution in [0.15, 0.2) is 41.3 Å². The van der Waals surface area contributed by atoms with E-state index in [0.29, 0.717) is 22.7 Å². The summed E-state index contributed by atoms with van der Waals surface area (Å²) in [6.07, 6.45) is 0. The Balaban J connectivity index is 1.89. The van der Waals surface area contributed by atoms with Crippen LogP contribution in [0.4, 0.5) is 5.69 Å². The first kappa shape index (κ1) is 17.2. The van der Waals surface area contributed by atoms with Crippen LogP contribution in [0.3, 0.4) is 0 Å². The van der Waals surface area contributed by atoms with Gasteiger partial charge in [0.15, 0.2) is 11.5 Å². The molecule has 0 saturated carbocycles. The van der Waals surface area contributed by atoms with Crippen LogP contribution in [-0.2, 0) is 10.0 Å². The minimum Gasteiger partial charge on any atom is -0.454 e. The zero-order valence-electron chi connectivity index (χ0n) is 14.1. The third kappa shape index (κ3) is 3.31. The average molecular weight is 362 g/mol. The molecule has 0 bridgehead atoms. The first-order valence-electron chi connectivity index (χ1n) is 7.53. The van der Waals surface area contributed by atoms with Crippen LogP contribution in [0, 0.1) is 6.92 Å². The van der Waals surface area contributed by atoms with Gasteiger partial charge >= 0.3 is 0 Å². The van der Waals surface area contributed by atoms with E-state index in [1.54, 1.807) is 31.2 Å². The van der Waals surface area contributed by atoms with E-state index in [1.807, 2.05) is 0 Å². The Bertz CT molecular complexity index is 938. The normalized spacial score (nSPS) is 13.1. The number of nitrogens with one attached hydrogen (secondary N) is 1. The lowest BCUT2D eigenvalue weighted by molar-refractivity contribution is 0.102. The van der Waals surface area contributed by atoms with E-state index in [9.17, 15) is 13.2 Å². The molecule has 25 heavy (non-hydrogen) atoms. The van der Waals surface area contributed by atoms with Crippen molar-refractivity contribution >= 4 is 21.6 Å². The van der Waals surface area contributed by atoms with Crippen molar-refractivity contribution in [2.75, 3.05) is 26.2 Å². The van der Waals surface area contributed by atoms with E-state index in [4.69, 9.17) is 9.47 Å². The fourth-order valence-corrected chi connectivity index (χ4v) is 3.27. The van der Waals surface area contributed by atoms with Gasteiger partial charge in [-0.1, -0.05) is 6.07 Å². The Kier molecular flexibility index (Phi) is 4.40. The number of rotatable bonds is 4. The number of anilines is 1. The van der Waals surface area contributed by atoms with Crippen molar-refractivity contribution in [3.05, 3.63) is 47.5 Å². The molecule has 1 aliphatic rings. The van der Waals surface area contributed by atoms with Crippen LogP contribution in [0.1, 0.15) is 15.9 Å². The van der Waals surface area contributed by atoms with Crippen molar-refractivity contribution in [1.82, 2.24) is 4.31 Å². The van der Waals surface area contributed by atoms with Crippen LogP contribution in [0.2, 0.25) is 0 Å². The zero-order chi connectivity index (χ0) is 18.2. The summed E-state index contributed by atoms with van der Waals surface area (Å²) in [5.41, 5.74) is 1.59. The molecule has 0 aliphatic carbocycles. The molecule has 0 spiro atoms. The summed E-state index contributed by atoms with van der Waals surface area (Å²) in [6, 6.07) is 9.51. The highest BCUT2D eigenvalue weighted by Gasteiger charge is 2.20. The summed E-state index contributed by atoms with van der Waals surface area (Å²) in [4.78, 5) is 12.6. The first-order chi connectivity index (χ1) is 11.8. The molecular weight excluding hydrogens is 344 g/mol. The number of hydrogen-bond acceptors (Lipinski definition) is 5. The molecule has 7 nitrogen and oxygen atoms in total. The summed E-state index contributed by atoms with van der Waals surface area (Å²) >= 11 is 0. The third-order valence-electron chi connectivity index (χ3n) is 3.87. The number of carbonyl (C=O) groups is 1. The van der Waals surface area contributed by atoms with E-state index in [0.717, 1.165) is 9.87 Å². The predicted molar refractivity (Wildman–Crippen MR) is 92.6 cm³/mol. The highest BCUT2D eigenvalue weighted by atomic mass is 32.2. The molecule has 1 N–H and O–H groups in total. The molecule has 0 aromatic heterocycles. The number of carbonyl (C=O) groups excluding carboxylic acids is 1. The Morgan fingerprint density at radius 1 is 1.08 bits per heavy atom. The van der Waals surface area contributed by atoms with Crippen molar-refractivity contribution in [3.8, 4) is 11.5 Å². The highest BCUT2D eigenvalue weighted by molar-refractivity contribution is 7.89. The maximum absolute atomic E-state index is 12.5. The van der Waals surface area contributed by atoms with Crippen molar-refractivity contribution < 1.29 is 22.7 Å². The number of aryl methyl sites for hydroxylation is 1. The standard InChI is InChI=1S/C17H18N2O5S/c1-11-4-6-13(25(21,22)19(2)3)9-14(11)18-17(20)12-5-7-15-16(8-12)24-10-23-15/h4-9H,10H2,1-3H3,(H,18,20). The summed E-state index contributed by atoms with van der Waals surface area (Å²) in [6.45, 7) is 1.92. The van der Waals surface area contributed by atoms with Gasteiger partial charge in [-0.25, -0.2) is 12.7 Å². The van der Waals surface area contributed by atoms with Gasteiger partial charge in [-0.2, -0.15) is 0 Å². The zero-order valence-corrected chi connectivity index (χ0v) is 14.9. The number of benzene rings is 2. The SMILES string of the molecule is Cc1ccc(S(=O)(=O)N(C)C)cc1NC(=O)c1ccc2c(c1)OCO2. The van der Waals surface area contributed by atoms with Gasteiger partial charge in [0.1, 0.15) is 0 Å². The lowest BCUT2D eigenvalue weighted by atomic mass is 10.1. The van der Waals surface area contributed by atoms with E-state index >= 15 is 0 Å². The Hall–Kier alpha value is -2.58. The molecule has 0 unspecified atom stereocenters. The van der Waals surface area contributed by atoms with E-state index in [2.05, 4.69) is 5.32 Å². The van der Waals surface area contributed by atoms with Crippen molar-refractivity contribution in [3.63, 3.8) is 0 Å². The topological polar surface area (TPSA) is 84.9 Å². The number of sulfonamides is 1. The molecule has 1 amide bonds. The molecule has 0 atom stereocenters. The molecule has 132 valence electrons. The van der Waals surface area contributed by atoms with Crippen LogP contribution in [0.5, 0.6) is 11.5 Å². The maximum atomic E-state index is 12.5. The minimum atomic E-state index is -3.58. The number of fused-ring (bicyclic) bond motifs is 1. The van der Waals surface area contributed by atoms with Gasteiger partial charge in [0.25, 0.3) is 5.91 Å². The second kappa shape index (κ2) is 6.38. The van der Waals surface area contributed by atoms with E-state index in [1.165, 1.54) is 26.2 Å². The molecule has 0 saturated heterocycles. The first-order valence-corrected chi connectivity index (χ1v) is 8.97. The fourth-order valence-electron chi connectivity index (χ4n) is 2.34. The molecule has 3 rings (SSSR count). The van der Waals surface area contributed by atoms with Gasteiger partial charge in [-0.05, 0) is 42.8 Å². The average Bonchev–Trinajstić information content (AvgIpc) is 3.04. The fraction of sp³-hybridized carbons (Fsp3) is 0.235. The van der Waals surface area contributed by atoms with Gasteiger partial charge in [-0.15, -0.1) is 0 Å². The van der Waals surface area contributed by atoms with Crippen LogP contribution in [-0.4, -0.2) is 39.5 Å². The summed E-state index contributed by atoms with van der Waals surface area (Å²) < 4.78 is 36.1. The molecule has 1 aliphatic heterocycles. The van der Waals surface area contributed by atoms with E-state index in [-0.39, 0.29) is 17.6 Å². The summed E-state index contributed by atoms with van der Waals surface area (Å²) in [7, 11) is -0.662. The Morgan fingerprint density at radius 2 is 1.80 bits per heavy atom. The van der Waals surface area contributed by atoms with E-state index < -0.39 is 10.0 Å². The number of ether oxygens (including phenoxy) is 2. The maximum Gasteiger partial charge on any atom is 0.255 e. The molecular formula is C17H18N2O5S. The second-order valence-electron chi connectivity index (χ2n) is 5.79. The number of amides is 1. The van der Waals surface area contributed by atoms with Gasteiger partial charge in [-0.3, -0.25) is 4.79 Å². The third-order valence-corrected chi connectivity index (χ3v) is 5.68. The Labute approximate surface area is 146 Å². The Morgan fingerprint density at radius 3 is 2.52 bits per heavy atom. The lowest BCUT2D eigenvalue weighted by Gasteiger charge is -2.14. The van der Waals surface area contributed by atoms with Crippen LogP contribution >= 0.6 is 0 Å². The van der Waals surface area contributed by atoms with Gasteiger partial charge in [0.2, 0.25) is 16.8 Å². The van der Waals surface area contributed by atoms with Crippen molar-refractivity contribution in [2.45, 2.75) is 11.8 Å². The van der Waals surface area contributed by atoms with Crippen molar-refractivity contribution in [1.29, 1.82) is 0 Å². The summed E-state index contributed by atoms with van der Waals surface area (Å²) in [5, 5.41) is 2.75. The smallest absolute Gasteiger partial charge is 0.255 e. The molecule has 2 aromatic carbocycles. The molecule has 0 radical (unpaired) electrons. The van der Waals surface area contributed by atoms with Gasteiger partial charge in [0, 0.05) is 25.3 Å². The molecule has 2 aromatic rings. The van der Waals surface area contributed by atoms with Crippen LogP contribution in [0.25, 0.3) is 0 Å². The van der Waals surface area contributed by atoms with Gasteiger partial charge < -0.3 is 14.8 Å². The summed E-state index contributed by atoms with van der Waals surface area (Å²) in [5.74, 6) is 0.737. The van der Waals surface area contributed by atoms with Gasteiger partial charge in [0.05, 0.1) is 4.90 Å². The number of hydrogen-bond donors (Lipinski definition) is 1. The molecule has 8 heteroatoms.